The highest BCUT2D eigenvalue weighted by Gasteiger charge is 2.35. The summed E-state index contributed by atoms with van der Waals surface area (Å²) in [4.78, 5) is 49.9. The fourth-order valence-electron chi connectivity index (χ4n) is 3.25. The molecule has 3 N–H and O–H groups in total. The number of carboxylic acid groups (broad SMARTS) is 1. The van der Waals surface area contributed by atoms with Gasteiger partial charge in [0, 0.05) is 12.1 Å². The van der Waals surface area contributed by atoms with Crippen molar-refractivity contribution in [2.24, 2.45) is 5.92 Å². The first kappa shape index (κ1) is 21.4. The van der Waals surface area contributed by atoms with Crippen LogP contribution in [-0.2, 0) is 14.4 Å². The molecule has 8 heteroatoms. The van der Waals surface area contributed by atoms with Gasteiger partial charge in [0.15, 0.2) is 0 Å². The lowest BCUT2D eigenvalue weighted by Gasteiger charge is -2.26. The Morgan fingerprint density at radius 2 is 1.86 bits per heavy atom. The van der Waals surface area contributed by atoms with Crippen LogP contribution in [0.4, 0.5) is 0 Å². The van der Waals surface area contributed by atoms with E-state index in [2.05, 4.69) is 10.6 Å². The van der Waals surface area contributed by atoms with E-state index < -0.39 is 24.0 Å². The molecule has 0 aliphatic carbocycles. The summed E-state index contributed by atoms with van der Waals surface area (Å²) in [5.74, 6) is -2.17. The van der Waals surface area contributed by atoms with Gasteiger partial charge in [0.05, 0.1) is 6.54 Å². The third kappa shape index (κ3) is 5.80. The molecule has 0 spiro atoms. The zero-order valence-corrected chi connectivity index (χ0v) is 16.2. The number of nitrogens with one attached hydrogen (secondary N) is 2. The first-order chi connectivity index (χ1) is 13.3. The molecule has 2 rings (SSSR count). The van der Waals surface area contributed by atoms with E-state index in [1.165, 1.54) is 4.90 Å². The molecular formula is C20H27N3O5. The molecule has 1 aliphatic rings. The zero-order valence-electron chi connectivity index (χ0n) is 16.2. The highest BCUT2D eigenvalue weighted by molar-refractivity contribution is 5.97. The largest absolute Gasteiger partial charge is 0.480 e. The second-order valence-electron chi connectivity index (χ2n) is 7.32. The minimum atomic E-state index is -1.09. The van der Waals surface area contributed by atoms with E-state index in [4.69, 9.17) is 0 Å². The van der Waals surface area contributed by atoms with E-state index in [0.29, 0.717) is 31.4 Å². The van der Waals surface area contributed by atoms with Crippen LogP contribution in [0.3, 0.4) is 0 Å². The highest BCUT2D eigenvalue weighted by atomic mass is 16.4. The smallest absolute Gasteiger partial charge is 0.326 e. The van der Waals surface area contributed by atoms with Gasteiger partial charge in [-0.2, -0.15) is 0 Å². The van der Waals surface area contributed by atoms with Crippen molar-refractivity contribution in [2.75, 3.05) is 13.1 Å². The zero-order chi connectivity index (χ0) is 20.7. The number of rotatable bonds is 8. The average molecular weight is 389 g/mol. The van der Waals surface area contributed by atoms with E-state index in [-0.39, 0.29) is 24.3 Å². The van der Waals surface area contributed by atoms with Gasteiger partial charge in [0.25, 0.3) is 5.91 Å². The van der Waals surface area contributed by atoms with Gasteiger partial charge in [-0.3, -0.25) is 14.4 Å². The van der Waals surface area contributed by atoms with Crippen LogP contribution in [-0.4, -0.2) is 58.9 Å². The van der Waals surface area contributed by atoms with Gasteiger partial charge >= 0.3 is 5.97 Å². The standard InChI is InChI=1S/C20H27N3O5/c1-13(2)11-15(20(27)28)22-19(26)16-9-6-10-23(16)17(24)12-21-18(25)14-7-4-3-5-8-14/h3-5,7-8,13,15-16H,6,9-12H2,1-2H3,(H,21,25)(H,22,26)(H,27,28)/t15-,16-/m0/s1. The predicted octanol–water partition coefficient (Wildman–Crippen LogP) is 1.02. The maximum atomic E-state index is 12.6. The third-order valence-electron chi connectivity index (χ3n) is 4.63. The van der Waals surface area contributed by atoms with Gasteiger partial charge in [-0.1, -0.05) is 32.0 Å². The number of carbonyl (C=O) groups is 4. The number of benzene rings is 1. The van der Waals surface area contributed by atoms with Crippen LogP contribution in [0.15, 0.2) is 30.3 Å². The van der Waals surface area contributed by atoms with Crippen molar-refractivity contribution in [1.29, 1.82) is 0 Å². The lowest BCUT2D eigenvalue weighted by atomic mass is 10.0. The van der Waals surface area contributed by atoms with Gasteiger partial charge in [-0.25, -0.2) is 4.79 Å². The SMILES string of the molecule is CC(C)C[C@H](NC(=O)[C@@H]1CCCN1C(=O)CNC(=O)c1ccccc1)C(=O)O. The molecule has 0 saturated carbocycles. The molecule has 2 atom stereocenters. The van der Waals surface area contributed by atoms with Crippen LogP contribution in [0.25, 0.3) is 0 Å². The second-order valence-corrected chi connectivity index (χ2v) is 7.32. The molecule has 1 aromatic rings. The molecule has 8 nitrogen and oxygen atoms in total. The van der Waals surface area contributed by atoms with Crippen molar-refractivity contribution in [3.63, 3.8) is 0 Å². The van der Waals surface area contributed by atoms with E-state index in [1.807, 2.05) is 13.8 Å². The van der Waals surface area contributed by atoms with E-state index in [0.717, 1.165) is 0 Å². The summed E-state index contributed by atoms with van der Waals surface area (Å²) in [6, 6.07) is 6.84. The molecule has 1 fully saturated rings. The van der Waals surface area contributed by atoms with E-state index in [9.17, 15) is 24.3 Å². The number of likely N-dealkylation sites (tertiary alicyclic amines) is 1. The molecule has 0 radical (unpaired) electrons. The topological polar surface area (TPSA) is 116 Å². The van der Waals surface area contributed by atoms with Crippen LogP contribution < -0.4 is 10.6 Å². The van der Waals surface area contributed by atoms with Crippen molar-refractivity contribution in [2.45, 2.75) is 45.2 Å². The van der Waals surface area contributed by atoms with E-state index >= 15 is 0 Å². The van der Waals surface area contributed by atoms with Crippen molar-refractivity contribution < 1.29 is 24.3 Å². The maximum absolute atomic E-state index is 12.6. The summed E-state index contributed by atoms with van der Waals surface area (Å²) < 4.78 is 0. The monoisotopic (exact) mass is 389 g/mol. The van der Waals surface area contributed by atoms with Crippen LogP contribution in [0.1, 0.15) is 43.5 Å². The summed E-state index contributed by atoms with van der Waals surface area (Å²) in [5, 5.41) is 14.4. The Bertz CT molecular complexity index is 720. The minimum Gasteiger partial charge on any atom is -0.480 e. The van der Waals surface area contributed by atoms with Gasteiger partial charge in [-0.15, -0.1) is 0 Å². The highest BCUT2D eigenvalue weighted by Crippen LogP contribution is 2.18. The molecule has 0 bridgehead atoms. The summed E-state index contributed by atoms with van der Waals surface area (Å²) >= 11 is 0. The van der Waals surface area contributed by atoms with Gasteiger partial charge in [0.2, 0.25) is 11.8 Å². The molecule has 1 heterocycles. The van der Waals surface area contributed by atoms with Gasteiger partial charge in [0.1, 0.15) is 12.1 Å². The molecule has 0 unspecified atom stereocenters. The Hall–Kier alpha value is -2.90. The van der Waals surface area contributed by atoms with Gasteiger partial charge < -0.3 is 20.6 Å². The quantitative estimate of drug-likeness (QED) is 0.614. The molecule has 28 heavy (non-hydrogen) atoms. The lowest BCUT2D eigenvalue weighted by Crippen LogP contribution is -2.52. The molecule has 1 aromatic carbocycles. The number of carbonyl (C=O) groups excluding carboxylic acids is 3. The summed E-state index contributed by atoms with van der Waals surface area (Å²) in [5.41, 5.74) is 0.448. The lowest BCUT2D eigenvalue weighted by molar-refractivity contribution is -0.144. The Morgan fingerprint density at radius 3 is 2.46 bits per heavy atom. The third-order valence-corrected chi connectivity index (χ3v) is 4.63. The summed E-state index contributed by atoms with van der Waals surface area (Å²) in [7, 11) is 0. The summed E-state index contributed by atoms with van der Waals surface area (Å²) in [6.45, 7) is 3.94. The Labute approximate surface area is 164 Å². The molecular weight excluding hydrogens is 362 g/mol. The Kier molecular flexibility index (Phi) is 7.54. The Morgan fingerprint density at radius 1 is 1.18 bits per heavy atom. The normalized spacial score (nSPS) is 17.2. The second kappa shape index (κ2) is 9.87. The van der Waals surface area contributed by atoms with Crippen molar-refractivity contribution >= 4 is 23.7 Å². The molecule has 152 valence electrons. The van der Waals surface area contributed by atoms with Crippen LogP contribution in [0.5, 0.6) is 0 Å². The maximum Gasteiger partial charge on any atom is 0.326 e. The molecule has 1 aliphatic heterocycles. The molecule has 0 aromatic heterocycles. The van der Waals surface area contributed by atoms with E-state index in [1.54, 1.807) is 30.3 Å². The van der Waals surface area contributed by atoms with Crippen LogP contribution in [0.2, 0.25) is 0 Å². The Balaban J connectivity index is 1.93. The number of amides is 3. The molecule has 3 amide bonds. The predicted molar refractivity (Wildman–Crippen MR) is 103 cm³/mol. The fraction of sp³-hybridized carbons (Fsp3) is 0.500. The fourth-order valence-corrected chi connectivity index (χ4v) is 3.25. The van der Waals surface area contributed by atoms with Crippen molar-refractivity contribution in [3.8, 4) is 0 Å². The average Bonchev–Trinajstić information content (AvgIpc) is 3.15. The number of hydrogen-bond acceptors (Lipinski definition) is 4. The number of carboxylic acids is 1. The minimum absolute atomic E-state index is 0.107. The number of aliphatic carboxylic acids is 1. The van der Waals surface area contributed by atoms with Crippen molar-refractivity contribution in [3.05, 3.63) is 35.9 Å². The number of nitrogens with zero attached hydrogens (tertiary/aromatic N) is 1. The number of hydrogen-bond donors (Lipinski definition) is 3. The van der Waals surface area contributed by atoms with Crippen LogP contribution >= 0.6 is 0 Å². The molecule has 1 saturated heterocycles. The summed E-state index contributed by atoms with van der Waals surface area (Å²) in [6.07, 6.45) is 1.44. The van der Waals surface area contributed by atoms with Crippen molar-refractivity contribution in [1.82, 2.24) is 15.5 Å². The first-order valence-electron chi connectivity index (χ1n) is 9.45. The first-order valence-corrected chi connectivity index (χ1v) is 9.45. The van der Waals surface area contributed by atoms with Gasteiger partial charge in [-0.05, 0) is 37.3 Å². The van der Waals surface area contributed by atoms with Crippen LogP contribution in [0, 0.1) is 5.92 Å².